The van der Waals surface area contributed by atoms with Crippen LogP contribution in [0.15, 0.2) is 42.5 Å². The van der Waals surface area contributed by atoms with Gasteiger partial charge < -0.3 is 19.9 Å². The minimum Gasteiger partial charge on any atom is -0.497 e. The molecule has 0 heterocycles. The van der Waals surface area contributed by atoms with E-state index in [0.29, 0.717) is 11.3 Å². The molecule has 0 spiro atoms. The Balaban J connectivity index is 2.43. The van der Waals surface area contributed by atoms with E-state index in [0.717, 1.165) is 6.07 Å². The number of aliphatic carboxylic acids is 1. The van der Waals surface area contributed by atoms with Crippen LogP contribution in [0.2, 0.25) is 0 Å². The highest BCUT2D eigenvalue weighted by Crippen LogP contribution is 2.29. The fourth-order valence-corrected chi connectivity index (χ4v) is 2.66. The van der Waals surface area contributed by atoms with E-state index in [4.69, 9.17) is 9.47 Å². The van der Waals surface area contributed by atoms with E-state index in [-0.39, 0.29) is 17.7 Å². The van der Waals surface area contributed by atoms with E-state index in [1.807, 2.05) is 0 Å². The highest BCUT2D eigenvalue weighted by Gasteiger charge is 2.33. The van der Waals surface area contributed by atoms with Gasteiger partial charge >= 0.3 is 5.97 Å². The predicted octanol–water partition coefficient (Wildman–Crippen LogP) is 2.96. The van der Waals surface area contributed by atoms with Crippen LogP contribution in [-0.2, 0) is 10.3 Å². The average Bonchev–Trinajstić information content (AvgIpc) is 2.61. The Morgan fingerprint density at radius 2 is 1.88 bits per heavy atom. The van der Waals surface area contributed by atoms with Crippen LogP contribution in [-0.4, -0.2) is 31.2 Å². The van der Waals surface area contributed by atoms with Gasteiger partial charge in [-0.2, -0.15) is 0 Å². The number of carbonyl (C=O) groups excluding carboxylic acids is 1. The molecule has 2 aromatic carbocycles. The van der Waals surface area contributed by atoms with Crippen LogP contribution in [0.5, 0.6) is 11.5 Å². The van der Waals surface area contributed by atoms with Crippen molar-refractivity contribution in [3.05, 3.63) is 59.4 Å². The van der Waals surface area contributed by atoms with E-state index in [2.05, 4.69) is 5.32 Å². The molecule has 0 fully saturated rings. The maximum atomic E-state index is 13.6. The van der Waals surface area contributed by atoms with E-state index in [9.17, 15) is 19.1 Å². The van der Waals surface area contributed by atoms with E-state index in [1.165, 1.54) is 26.4 Å². The summed E-state index contributed by atoms with van der Waals surface area (Å²) < 4.78 is 23.8. The molecule has 0 radical (unpaired) electrons. The summed E-state index contributed by atoms with van der Waals surface area (Å²) in [6.45, 7) is 1.58. The Bertz CT molecular complexity index is 823. The molecule has 2 rings (SSSR count). The number of benzene rings is 2. The van der Waals surface area contributed by atoms with Gasteiger partial charge in [0.25, 0.3) is 5.91 Å². The number of amides is 1. The van der Waals surface area contributed by atoms with Gasteiger partial charge in [0.1, 0.15) is 17.3 Å². The maximum Gasteiger partial charge on any atom is 0.306 e. The summed E-state index contributed by atoms with van der Waals surface area (Å²) in [5, 5.41) is 12.0. The lowest BCUT2D eigenvalue weighted by Crippen LogP contribution is -2.45. The molecule has 0 aliphatic rings. The number of hydrogen-bond acceptors (Lipinski definition) is 4. The lowest BCUT2D eigenvalue weighted by atomic mass is 9.88. The fraction of sp³-hybridized carbons (Fsp3) is 0.263. The first kappa shape index (κ1) is 19.2. The highest BCUT2D eigenvalue weighted by molar-refractivity contribution is 5.97. The number of nitrogens with one attached hydrogen (secondary N) is 1. The van der Waals surface area contributed by atoms with E-state index >= 15 is 0 Å². The van der Waals surface area contributed by atoms with Crippen LogP contribution in [0.25, 0.3) is 0 Å². The number of methoxy groups -OCH3 is 2. The van der Waals surface area contributed by atoms with Crippen LogP contribution in [0.4, 0.5) is 4.39 Å². The van der Waals surface area contributed by atoms with Crippen molar-refractivity contribution in [3.8, 4) is 11.5 Å². The summed E-state index contributed by atoms with van der Waals surface area (Å²) in [6, 6.07) is 10.3. The molecule has 0 aliphatic heterocycles. The number of ether oxygens (including phenoxy) is 2. The molecule has 0 saturated heterocycles. The van der Waals surface area contributed by atoms with Gasteiger partial charge in [0.05, 0.1) is 31.7 Å². The predicted molar refractivity (Wildman–Crippen MR) is 93.0 cm³/mol. The lowest BCUT2D eigenvalue weighted by Gasteiger charge is -2.30. The monoisotopic (exact) mass is 361 g/mol. The molecule has 0 bridgehead atoms. The molecule has 1 unspecified atom stereocenters. The number of rotatable bonds is 7. The van der Waals surface area contributed by atoms with Gasteiger partial charge in [-0.05, 0) is 42.8 Å². The Labute approximate surface area is 150 Å². The zero-order valence-corrected chi connectivity index (χ0v) is 14.7. The summed E-state index contributed by atoms with van der Waals surface area (Å²) >= 11 is 0. The lowest BCUT2D eigenvalue weighted by molar-refractivity contribution is -0.138. The molecule has 0 saturated carbocycles. The minimum absolute atomic E-state index is 0.0213. The number of hydrogen-bond donors (Lipinski definition) is 2. The maximum absolute atomic E-state index is 13.6. The largest absolute Gasteiger partial charge is 0.497 e. The van der Waals surface area contributed by atoms with Crippen LogP contribution in [0.3, 0.4) is 0 Å². The average molecular weight is 361 g/mol. The Morgan fingerprint density at radius 1 is 1.15 bits per heavy atom. The van der Waals surface area contributed by atoms with Crippen molar-refractivity contribution in [3.63, 3.8) is 0 Å². The van der Waals surface area contributed by atoms with Crippen molar-refractivity contribution in [2.75, 3.05) is 14.2 Å². The molecule has 0 aromatic heterocycles. The van der Waals surface area contributed by atoms with Gasteiger partial charge in [-0.25, -0.2) is 4.39 Å². The van der Waals surface area contributed by atoms with Crippen molar-refractivity contribution in [1.82, 2.24) is 5.32 Å². The Hall–Kier alpha value is -3.09. The van der Waals surface area contributed by atoms with Gasteiger partial charge in [-0.3, -0.25) is 9.59 Å². The van der Waals surface area contributed by atoms with Crippen molar-refractivity contribution in [1.29, 1.82) is 0 Å². The smallest absolute Gasteiger partial charge is 0.306 e. The fourth-order valence-electron chi connectivity index (χ4n) is 2.66. The SMILES string of the molecule is COc1cccc(C(C)(CC(=O)O)NC(=O)c2cc(F)ccc2OC)c1. The van der Waals surface area contributed by atoms with Gasteiger partial charge in [0.15, 0.2) is 0 Å². The van der Waals surface area contributed by atoms with Crippen LogP contribution in [0, 0.1) is 5.82 Å². The molecule has 7 heteroatoms. The molecule has 6 nitrogen and oxygen atoms in total. The quantitative estimate of drug-likeness (QED) is 0.792. The number of carbonyl (C=O) groups is 2. The zero-order chi connectivity index (χ0) is 19.3. The molecular weight excluding hydrogens is 341 g/mol. The number of carboxylic acid groups (broad SMARTS) is 1. The highest BCUT2D eigenvalue weighted by atomic mass is 19.1. The first-order valence-corrected chi connectivity index (χ1v) is 7.81. The minimum atomic E-state index is -1.24. The second kappa shape index (κ2) is 7.86. The summed E-state index contributed by atoms with van der Waals surface area (Å²) in [6.07, 6.45) is -0.371. The van der Waals surface area contributed by atoms with Gasteiger partial charge in [0, 0.05) is 0 Å². The van der Waals surface area contributed by atoms with E-state index < -0.39 is 23.2 Å². The molecule has 138 valence electrons. The second-order valence-corrected chi connectivity index (χ2v) is 5.93. The first-order valence-electron chi connectivity index (χ1n) is 7.81. The summed E-state index contributed by atoms with van der Waals surface area (Å²) in [7, 11) is 2.85. The third kappa shape index (κ3) is 4.30. The molecule has 1 amide bonds. The zero-order valence-electron chi connectivity index (χ0n) is 14.7. The number of halogens is 1. The van der Waals surface area contributed by atoms with Crippen molar-refractivity contribution in [2.45, 2.75) is 18.9 Å². The van der Waals surface area contributed by atoms with Crippen molar-refractivity contribution in [2.24, 2.45) is 0 Å². The summed E-state index contributed by atoms with van der Waals surface area (Å²) in [5.41, 5.74) is -0.718. The summed E-state index contributed by atoms with van der Waals surface area (Å²) in [5.74, 6) is -1.63. The standard InChI is InChI=1S/C19H20FNO5/c1-19(11-17(22)23,12-5-4-6-14(9-12)25-2)21-18(24)15-10-13(20)7-8-16(15)26-3/h4-10H,11H2,1-3H3,(H,21,24)(H,22,23). The first-order chi connectivity index (χ1) is 12.3. The van der Waals surface area contributed by atoms with Crippen molar-refractivity contribution < 1.29 is 28.6 Å². The normalized spacial score (nSPS) is 12.8. The molecule has 2 aromatic rings. The third-order valence-corrected chi connectivity index (χ3v) is 4.01. The molecular formula is C19H20FNO5. The van der Waals surface area contributed by atoms with Crippen LogP contribution >= 0.6 is 0 Å². The Morgan fingerprint density at radius 3 is 2.50 bits per heavy atom. The van der Waals surface area contributed by atoms with Crippen LogP contribution in [0.1, 0.15) is 29.3 Å². The Kier molecular flexibility index (Phi) is 5.82. The van der Waals surface area contributed by atoms with Gasteiger partial charge in [-0.15, -0.1) is 0 Å². The molecule has 2 N–H and O–H groups in total. The molecule has 0 aliphatic carbocycles. The van der Waals surface area contributed by atoms with E-state index in [1.54, 1.807) is 31.2 Å². The van der Waals surface area contributed by atoms with Crippen LogP contribution < -0.4 is 14.8 Å². The number of carboxylic acids is 1. The van der Waals surface area contributed by atoms with Crippen molar-refractivity contribution >= 4 is 11.9 Å². The summed E-state index contributed by atoms with van der Waals surface area (Å²) in [4.78, 5) is 24.1. The molecule has 26 heavy (non-hydrogen) atoms. The topological polar surface area (TPSA) is 84.9 Å². The van der Waals surface area contributed by atoms with Gasteiger partial charge in [-0.1, -0.05) is 12.1 Å². The second-order valence-electron chi connectivity index (χ2n) is 5.93. The third-order valence-electron chi connectivity index (χ3n) is 4.01. The molecule has 1 atom stereocenters. The van der Waals surface area contributed by atoms with Gasteiger partial charge in [0.2, 0.25) is 0 Å².